The SMILES string of the molecule is CC(C)C(C)(C(=O)/C=C(\O)C(C)(C(C)C)C(C)C)C(C)C.Cc1cc(-c2[c-]ccc3c2C(C)(C)C2c4ccccc4OC32)nc2ccccc12.[Ir]. The maximum Gasteiger partial charge on any atom is 0.165 e. The predicted molar refractivity (Wildman–Crippen MR) is 208 cm³/mol. The van der Waals surface area contributed by atoms with E-state index in [1.165, 1.54) is 33.7 Å². The number of carbonyl (C=O) groups excluding carboxylic acids is 1. The quantitative estimate of drug-likeness (QED) is 0.109. The Labute approximate surface area is 320 Å². The number of fused-ring (bicyclic) bond motifs is 6. The maximum atomic E-state index is 12.8. The molecule has 0 bridgehead atoms. The summed E-state index contributed by atoms with van der Waals surface area (Å²) < 4.78 is 6.44. The number of aryl methyl sites for hydroxylation is 1. The molecule has 0 spiro atoms. The van der Waals surface area contributed by atoms with Gasteiger partial charge in [-0.1, -0.05) is 131 Å². The smallest absolute Gasteiger partial charge is 0.165 e. The van der Waals surface area contributed by atoms with Crippen LogP contribution in [0, 0.1) is 47.5 Å². The number of allylic oxidation sites excluding steroid dienone is 2. The fourth-order valence-corrected chi connectivity index (χ4v) is 8.43. The van der Waals surface area contributed by atoms with E-state index in [1.54, 1.807) is 0 Å². The van der Waals surface area contributed by atoms with Crippen LogP contribution in [0.2, 0.25) is 0 Å². The van der Waals surface area contributed by atoms with Crippen LogP contribution in [0.4, 0.5) is 0 Å². The van der Waals surface area contributed by atoms with Crippen LogP contribution in [0.25, 0.3) is 22.2 Å². The molecular formula is C46H58IrNO3-. The van der Waals surface area contributed by atoms with Gasteiger partial charge < -0.3 is 9.84 Å². The second-order valence-corrected chi connectivity index (χ2v) is 16.9. The Balaban J connectivity index is 0.000000239. The molecule has 0 amide bonds. The van der Waals surface area contributed by atoms with Crippen LogP contribution in [-0.4, -0.2) is 15.9 Å². The van der Waals surface area contributed by atoms with E-state index in [1.807, 2.05) is 19.9 Å². The van der Waals surface area contributed by atoms with Crippen LogP contribution in [0.5, 0.6) is 5.75 Å². The largest absolute Gasteiger partial charge is 0.512 e. The summed E-state index contributed by atoms with van der Waals surface area (Å²) in [6.45, 7) is 27.6. The third kappa shape index (κ3) is 6.86. The van der Waals surface area contributed by atoms with E-state index < -0.39 is 5.41 Å². The molecule has 51 heavy (non-hydrogen) atoms. The number of aliphatic hydroxyl groups excluding tert-OH is 1. The molecule has 6 rings (SSSR count). The third-order valence-electron chi connectivity index (χ3n) is 12.9. The Bertz CT molecular complexity index is 1900. The predicted octanol–water partition coefficient (Wildman–Crippen LogP) is 12.2. The molecule has 2 aliphatic rings. The molecule has 0 fully saturated rings. The first-order valence-electron chi connectivity index (χ1n) is 18.5. The van der Waals surface area contributed by atoms with Gasteiger partial charge in [-0.2, -0.15) is 0 Å². The van der Waals surface area contributed by atoms with E-state index in [0.29, 0.717) is 5.92 Å². The number of carbonyl (C=O) groups is 1. The molecule has 275 valence electrons. The summed E-state index contributed by atoms with van der Waals surface area (Å²) in [4.78, 5) is 17.8. The minimum atomic E-state index is -0.442. The molecule has 1 aromatic heterocycles. The molecular weight excluding hydrogens is 807 g/mol. The van der Waals surface area contributed by atoms with E-state index in [0.717, 1.165) is 22.5 Å². The van der Waals surface area contributed by atoms with Crippen molar-refractivity contribution in [2.75, 3.05) is 0 Å². The first-order chi connectivity index (χ1) is 23.4. The van der Waals surface area contributed by atoms with E-state index in [-0.39, 0.29) is 72.3 Å². The van der Waals surface area contributed by atoms with Crippen molar-refractivity contribution in [2.45, 2.75) is 107 Å². The number of hydrogen-bond acceptors (Lipinski definition) is 4. The zero-order valence-electron chi connectivity index (χ0n) is 32.9. The Morgan fingerprint density at radius 2 is 1.43 bits per heavy atom. The summed E-state index contributed by atoms with van der Waals surface area (Å²) in [5, 5.41) is 11.9. The van der Waals surface area contributed by atoms with Crippen molar-refractivity contribution in [1.29, 1.82) is 0 Å². The van der Waals surface area contributed by atoms with Crippen LogP contribution < -0.4 is 4.74 Å². The van der Waals surface area contributed by atoms with Crippen LogP contribution >= 0.6 is 0 Å². The summed E-state index contributed by atoms with van der Waals surface area (Å²) in [6.07, 6.45) is 1.56. The molecule has 0 saturated carbocycles. The zero-order valence-corrected chi connectivity index (χ0v) is 35.3. The number of aromatic nitrogens is 1. The number of benzene rings is 3. The summed E-state index contributed by atoms with van der Waals surface area (Å²) in [5.74, 6) is 2.61. The van der Waals surface area contributed by atoms with Gasteiger partial charge in [0.15, 0.2) is 5.78 Å². The summed E-state index contributed by atoms with van der Waals surface area (Å²) in [5.41, 5.74) is 7.42. The maximum absolute atomic E-state index is 12.8. The van der Waals surface area contributed by atoms with Crippen molar-refractivity contribution >= 4 is 16.7 Å². The molecule has 1 aliphatic carbocycles. The van der Waals surface area contributed by atoms with Gasteiger partial charge in [-0.25, -0.2) is 0 Å². The van der Waals surface area contributed by atoms with E-state index in [4.69, 9.17) is 9.72 Å². The second kappa shape index (κ2) is 15.0. The molecule has 1 aliphatic heterocycles. The molecule has 3 aromatic carbocycles. The van der Waals surface area contributed by atoms with E-state index in [2.05, 4.69) is 143 Å². The average Bonchev–Trinajstić information content (AvgIpc) is 3.57. The monoisotopic (exact) mass is 865 g/mol. The van der Waals surface area contributed by atoms with Crippen molar-refractivity contribution in [3.8, 4) is 17.0 Å². The zero-order chi connectivity index (χ0) is 36.9. The van der Waals surface area contributed by atoms with Crippen molar-refractivity contribution in [3.05, 3.63) is 107 Å². The molecule has 4 aromatic rings. The van der Waals surface area contributed by atoms with Gasteiger partial charge in [0.05, 0.1) is 5.52 Å². The van der Waals surface area contributed by atoms with Gasteiger partial charge in [-0.3, -0.25) is 9.78 Å². The number of pyridine rings is 1. The minimum absolute atomic E-state index is 0. The van der Waals surface area contributed by atoms with Crippen molar-refractivity contribution < 1.29 is 34.7 Å². The normalized spacial score (nSPS) is 17.9. The van der Waals surface area contributed by atoms with Gasteiger partial charge in [-0.15, -0.1) is 29.3 Å². The minimum Gasteiger partial charge on any atom is -0.512 e. The molecule has 2 heterocycles. The number of aliphatic hydroxyl groups is 1. The van der Waals surface area contributed by atoms with Gasteiger partial charge in [0.25, 0.3) is 0 Å². The molecule has 5 heteroatoms. The Morgan fingerprint density at radius 3 is 2.04 bits per heavy atom. The molecule has 1 radical (unpaired) electrons. The molecule has 2 unspecified atom stereocenters. The van der Waals surface area contributed by atoms with Crippen LogP contribution in [0.3, 0.4) is 0 Å². The Morgan fingerprint density at radius 1 is 0.863 bits per heavy atom. The average molecular weight is 865 g/mol. The topological polar surface area (TPSA) is 59.4 Å². The first kappa shape index (κ1) is 40.5. The fraction of sp³-hybridized carbons (Fsp3) is 0.478. The summed E-state index contributed by atoms with van der Waals surface area (Å²) in [6, 6.07) is 26.8. The Hall–Kier alpha value is -3.27. The van der Waals surface area contributed by atoms with Crippen LogP contribution in [-0.2, 0) is 30.3 Å². The number of rotatable bonds is 8. The van der Waals surface area contributed by atoms with Gasteiger partial charge in [-0.05, 0) is 59.4 Å². The van der Waals surface area contributed by atoms with E-state index >= 15 is 0 Å². The molecule has 1 N–H and O–H groups in total. The standard InChI is InChI=1S/C27H22NO.C19H36O2.Ir/c1-16-15-22(28-21-13-6-4-9-17(16)21)18-11-8-12-20-24(18)27(2,3)25-19-10-5-7-14-23(19)29-26(20)25;1-12(2)18(9,13(3)4)16(20)11-17(21)19(10,14(5)6)15(7)8;/h4-10,12-15,25-26H,1-3H3;11-15,20H,1-10H3;/q-1;;/b;16-11-;. The second-order valence-electron chi connectivity index (χ2n) is 16.9. The number of para-hydroxylation sites is 2. The summed E-state index contributed by atoms with van der Waals surface area (Å²) in [7, 11) is 0. The molecule has 2 atom stereocenters. The number of ketones is 1. The Kier molecular flexibility index (Phi) is 11.9. The van der Waals surface area contributed by atoms with Crippen LogP contribution in [0.15, 0.2) is 78.6 Å². The van der Waals surface area contributed by atoms with E-state index in [9.17, 15) is 9.90 Å². The first-order valence-corrected chi connectivity index (χ1v) is 18.5. The molecule has 4 nitrogen and oxygen atoms in total. The fourth-order valence-electron chi connectivity index (χ4n) is 8.43. The van der Waals surface area contributed by atoms with Crippen molar-refractivity contribution in [1.82, 2.24) is 4.98 Å². The van der Waals surface area contributed by atoms with Gasteiger partial charge >= 0.3 is 0 Å². The third-order valence-corrected chi connectivity index (χ3v) is 12.9. The van der Waals surface area contributed by atoms with Crippen molar-refractivity contribution in [2.24, 2.45) is 34.5 Å². The number of ether oxygens (including phenoxy) is 1. The summed E-state index contributed by atoms with van der Waals surface area (Å²) >= 11 is 0. The number of nitrogens with zero attached hydrogens (tertiary/aromatic N) is 1. The number of hydrogen-bond donors (Lipinski definition) is 1. The molecule has 0 saturated heterocycles. The van der Waals surface area contributed by atoms with Gasteiger partial charge in [0, 0.05) is 53.9 Å². The van der Waals surface area contributed by atoms with Crippen LogP contribution in [0.1, 0.15) is 117 Å². The van der Waals surface area contributed by atoms with Gasteiger partial charge in [0.1, 0.15) is 17.6 Å². The van der Waals surface area contributed by atoms with Gasteiger partial charge in [0.2, 0.25) is 0 Å². The van der Waals surface area contributed by atoms with Crippen molar-refractivity contribution in [3.63, 3.8) is 0 Å².